The molecular formula is C16H22N2O3. The fourth-order valence-corrected chi connectivity index (χ4v) is 2.68. The summed E-state index contributed by atoms with van der Waals surface area (Å²) in [5.74, 6) is -0.530. The molecule has 1 saturated carbocycles. The number of aliphatic hydroxyl groups excluding tert-OH is 1. The molecule has 114 valence electrons. The van der Waals surface area contributed by atoms with Crippen LogP contribution in [0.2, 0.25) is 0 Å². The molecule has 0 aliphatic heterocycles. The van der Waals surface area contributed by atoms with Crippen molar-refractivity contribution in [3.63, 3.8) is 0 Å². The van der Waals surface area contributed by atoms with E-state index in [2.05, 4.69) is 10.6 Å². The molecule has 0 saturated heterocycles. The molecule has 5 nitrogen and oxygen atoms in total. The van der Waals surface area contributed by atoms with Gasteiger partial charge in [0, 0.05) is 5.56 Å². The monoisotopic (exact) mass is 290 g/mol. The van der Waals surface area contributed by atoms with Gasteiger partial charge in [-0.05, 0) is 31.9 Å². The van der Waals surface area contributed by atoms with Crippen LogP contribution in [-0.2, 0) is 4.79 Å². The van der Waals surface area contributed by atoms with E-state index in [1.807, 2.05) is 6.07 Å². The normalized spacial score (nSPS) is 18.0. The molecule has 1 atom stereocenters. The Morgan fingerprint density at radius 3 is 2.43 bits per heavy atom. The lowest BCUT2D eigenvalue weighted by molar-refractivity contribution is -0.125. The van der Waals surface area contributed by atoms with Crippen molar-refractivity contribution in [2.24, 2.45) is 0 Å². The molecule has 1 aliphatic rings. The summed E-state index contributed by atoms with van der Waals surface area (Å²) in [6, 6.07) is 8.15. The van der Waals surface area contributed by atoms with Crippen LogP contribution in [0.4, 0.5) is 0 Å². The summed E-state index contributed by atoms with van der Waals surface area (Å²) in [5.41, 5.74) is 0.0120. The number of benzene rings is 1. The van der Waals surface area contributed by atoms with E-state index in [4.69, 9.17) is 0 Å². The molecule has 3 N–H and O–H groups in total. The fraction of sp³-hybridized carbons (Fsp3) is 0.500. The van der Waals surface area contributed by atoms with Gasteiger partial charge in [0.25, 0.3) is 5.91 Å². The Kier molecular flexibility index (Phi) is 4.96. The molecule has 0 aromatic heterocycles. The van der Waals surface area contributed by atoms with Gasteiger partial charge in [-0.1, -0.05) is 31.0 Å². The Hall–Kier alpha value is -1.88. The molecule has 1 fully saturated rings. The Bertz CT molecular complexity index is 496. The van der Waals surface area contributed by atoms with E-state index in [1.54, 1.807) is 31.2 Å². The summed E-state index contributed by atoms with van der Waals surface area (Å²) in [6.45, 7) is 1.59. The number of aliphatic hydroxyl groups is 1. The average Bonchev–Trinajstić information content (AvgIpc) is 2.97. The zero-order chi connectivity index (χ0) is 15.3. The summed E-state index contributed by atoms with van der Waals surface area (Å²) in [5, 5.41) is 15.1. The lowest BCUT2D eigenvalue weighted by Crippen LogP contribution is -2.55. The largest absolute Gasteiger partial charge is 0.394 e. The van der Waals surface area contributed by atoms with Crippen LogP contribution in [0.1, 0.15) is 43.0 Å². The van der Waals surface area contributed by atoms with Gasteiger partial charge in [0.1, 0.15) is 6.04 Å². The lowest BCUT2D eigenvalue weighted by atomic mass is 9.98. The van der Waals surface area contributed by atoms with Crippen LogP contribution in [0, 0.1) is 0 Å². The van der Waals surface area contributed by atoms with Gasteiger partial charge in [-0.2, -0.15) is 0 Å². The summed E-state index contributed by atoms with van der Waals surface area (Å²) in [7, 11) is 0. The Labute approximate surface area is 124 Å². The molecule has 1 aromatic carbocycles. The second-order valence-electron chi connectivity index (χ2n) is 5.70. The van der Waals surface area contributed by atoms with Gasteiger partial charge in [0.05, 0.1) is 12.1 Å². The quantitative estimate of drug-likeness (QED) is 0.763. The summed E-state index contributed by atoms with van der Waals surface area (Å²) < 4.78 is 0. The summed E-state index contributed by atoms with van der Waals surface area (Å²) in [4.78, 5) is 24.2. The number of amides is 2. The zero-order valence-electron chi connectivity index (χ0n) is 12.3. The molecule has 1 aliphatic carbocycles. The first-order valence-electron chi connectivity index (χ1n) is 7.35. The molecule has 0 bridgehead atoms. The number of hydrogen-bond acceptors (Lipinski definition) is 3. The third-order valence-electron chi connectivity index (χ3n) is 4.03. The smallest absolute Gasteiger partial charge is 0.251 e. The molecule has 2 amide bonds. The van der Waals surface area contributed by atoms with Crippen molar-refractivity contribution < 1.29 is 14.7 Å². The fourth-order valence-electron chi connectivity index (χ4n) is 2.68. The van der Waals surface area contributed by atoms with E-state index >= 15 is 0 Å². The molecule has 5 heteroatoms. The third kappa shape index (κ3) is 3.82. The van der Waals surface area contributed by atoms with Crippen LogP contribution in [0.25, 0.3) is 0 Å². The second-order valence-corrected chi connectivity index (χ2v) is 5.70. The highest BCUT2D eigenvalue weighted by Crippen LogP contribution is 2.29. The van der Waals surface area contributed by atoms with Crippen LogP contribution >= 0.6 is 0 Å². The number of carbonyl (C=O) groups is 2. The first-order chi connectivity index (χ1) is 10.1. The molecule has 1 unspecified atom stereocenters. The van der Waals surface area contributed by atoms with Gasteiger partial charge in [-0.15, -0.1) is 0 Å². The highest BCUT2D eigenvalue weighted by Gasteiger charge is 2.35. The lowest BCUT2D eigenvalue weighted by Gasteiger charge is -2.29. The highest BCUT2D eigenvalue weighted by molar-refractivity contribution is 5.97. The van der Waals surface area contributed by atoms with Crippen molar-refractivity contribution in [1.29, 1.82) is 0 Å². The molecule has 1 aromatic rings. The van der Waals surface area contributed by atoms with Crippen LogP contribution in [0.3, 0.4) is 0 Å². The minimum absolute atomic E-state index is 0.0574. The van der Waals surface area contributed by atoms with Crippen molar-refractivity contribution in [1.82, 2.24) is 10.6 Å². The minimum atomic E-state index is -0.637. The van der Waals surface area contributed by atoms with Gasteiger partial charge in [-0.25, -0.2) is 0 Å². The first-order valence-corrected chi connectivity index (χ1v) is 7.35. The predicted molar refractivity (Wildman–Crippen MR) is 79.8 cm³/mol. The van der Waals surface area contributed by atoms with Crippen LogP contribution in [0.15, 0.2) is 30.3 Å². The predicted octanol–water partition coefficient (Wildman–Crippen LogP) is 1.23. The topological polar surface area (TPSA) is 78.4 Å². The maximum atomic E-state index is 12.2. The standard InChI is InChI=1S/C16H22N2O3/c1-12(17-15(21)13-7-3-2-4-8-13)14(20)18-16(11-19)9-5-6-10-16/h2-4,7-8,12,19H,5-6,9-11H2,1H3,(H,17,21)(H,18,20). The van der Waals surface area contributed by atoms with Gasteiger partial charge < -0.3 is 15.7 Å². The SMILES string of the molecule is CC(NC(=O)c1ccccc1)C(=O)NC1(CO)CCCC1. The van der Waals surface area contributed by atoms with Crippen LogP contribution in [0.5, 0.6) is 0 Å². The summed E-state index contributed by atoms with van der Waals surface area (Å²) >= 11 is 0. The van der Waals surface area contributed by atoms with Crippen molar-refractivity contribution in [2.75, 3.05) is 6.61 Å². The van der Waals surface area contributed by atoms with E-state index in [-0.39, 0.29) is 18.4 Å². The molecule has 0 heterocycles. The Morgan fingerprint density at radius 1 is 1.24 bits per heavy atom. The van der Waals surface area contributed by atoms with Crippen molar-refractivity contribution in [2.45, 2.75) is 44.2 Å². The van der Waals surface area contributed by atoms with Gasteiger partial charge in [-0.3, -0.25) is 9.59 Å². The van der Waals surface area contributed by atoms with Crippen LogP contribution < -0.4 is 10.6 Å². The summed E-state index contributed by atoms with van der Waals surface area (Å²) in [6.07, 6.45) is 3.58. The molecular weight excluding hydrogens is 268 g/mol. The average molecular weight is 290 g/mol. The molecule has 2 rings (SSSR count). The maximum absolute atomic E-state index is 12.2. The Morgan fingerprint density at radius 2 is 1.86 bits per heavy atom. The highest BCUT2D eigenvalue weighted by atomic mass is 16.3. The van der Waals surface area contributed by atoms with E-state index in [9.17, 15) is 14.7 Å². The van der Waals surface area contributed by atoms with Gasteiger partial charge >= 0.3 is 0 Å². The zero-order valence-corrected chi connectivity index (χ0v) is 12.3. The second kappa shape index (κ2) is 6.72. The van der Waals surface area contributed by atoms with E-state index in [0.29, 0.717) is 5.56 Å². The maximum Gasteiger partial charge on any atom is 0.251 e. The van der Waals surface area contributed by atoms with Crippen molar-refractivity contribution >= 4 is 11.8 Å². The third-order valence-corrected chi connectivity index (χ3v) is 4.03. The van der Waals surface area contributed by atoms with Crippen molar-refractivity contribution in [3.8, 4) is 0 Å². The van der Waals surface area contributed by atoms with Crippen molar-refractivity contribution in [3.05, 3.63) is 35.9 Å². The number of hydrogen-bond donors (Lipinski definition) is 3. The van der Waals surface area contributed by atoms with Gasteiger partial charge in [0.15, 0.2) is 0 Å². The van der Waals surface area contributed by atoms with E-state index in [0.717, 1.165) is 25.7 Å². The molecule has 0 radical (unpaired) electrons. The van der Waals surface area contributed by atoms with E-state index in [1.165, 1.54) is 0 Å². The molecule has 21 heavy (non-hydrogen) atoms. The Balaban J connectivity index is 1.92. The number of rotatable bonds is 5. The van der Waals surface area contributed by atoms with Gasteiger partial charge in [0.2, 0.25) is 5.91 Å². The molecule has 0 spiro atoms. The first kappa shape index (κ1) is 15.5. The number of nitrogens with one attached hydrogen (secondary N) is 2. The van der Waals surface area contributed by atoms with Crippen LogP contribution in [-0.4, -0.2) is 35.1 Å². The minimum Gasteiger partial charge on any atom is -0.394 e. The van der Waals surface area contributed by atoms with E-state index < -0.39 is 11.6 Å². The number of carbonyl (C=O) groups excluding carboxylic acids is 2.